The second-order valence-corrected chi connectivity index (χ2v) is 6.97. The zero-order valence-electron chi connectivity index (χ0n) is 10.7. The fourth-order valence-corrected chi connectivity index (χ4v) is 4.03. The number of rotatable bonds is 3. The fourth-order valence-electron chi connectivity index (χ4n) is 2.24. The van der Waals surface area contributed by atoms with Crippen molar-refractivity contribution >= 4 is 45.0 Å². The molecule has 0 amide bonds. The van der Waals surface area contributed by atoms with Crippen LogP contribution >= 0.6 is 39.3 Å². The molecule has 0 spiro atoms. The molecule has 1 aliphatic rings. The highest BCUT2D eigenvalue weighted by atomic mass is 79.9. The first-order valence-electron chi connectivity index (χ1n) is 6.25. The summed E-state index contributed by atoms with van der Waals surface area (Å²) < 4.78 is 6.83. The molecule has 0 aliphatic carbocycles. The van der Waals surface area contributed by atoms with E-state index in [0.29, 0.717) is 10.7 Å². The lowest BCUT2D eigenvalue weighted by atomic mass is 10.1. The number of halogens is 2. The standard InChI is InChI=1S/C15H13BrClNOS/c16-11-5-9-3-4-19-15(9)10(6-11)8-20-14-2-1-12(18)7-13(14)17/h1-2,5-7H,3-4,8,18H2. The van der Waals surface area contributed by atoms with E-state index >= 15 is 0 Å². The van der Waals surface area contributed by atoms with Crippen LogP contribution in [-0.4, -0.2) is 6.61 Å². The van der Waals surface area contributed by atoms with Crippen molar-refractivity contribution in [2.45, 2.75) is 17.1 Å². The SMILES string of the molecule is Nc1ccc(SCc2cc(Br)cc3c2OCC3)c(Cl)c1. The van der Waals surface area contributed by atoms with Gasteiger partial charge in [0.2, 0.25) is 0 Å². The average Bonchev–Trinajstić information content (AvgIpc) is 2.85. The van der Waals surface area contributed by atoms with Crippen LogP contribution in [0.3, 0.4) is 0 Å². The maximum absolute atomic E-state index is 6.20. The number of fused-ring (bicyclic) bond motifs is 1. The molecule has 0 atom stereocenters. The van der Waals surface area contributed by atoms with Crippen molar-refractivity contribution in [2.24, 2.45) is 0 Å². The summed E-state index contributed by atoms with van der Waals surface area (Å²) in [5, 5.41) is 0.697. The molecule has 2 aromatic carbocycles. The molecule has 2 N–H and O–H groups in total. The molecule has 3 rings (SSSR count). The topological polar surface area (TPSA) is 35.2 Å². The maximum Gasteiger partial charge on any atom is 0.126 e. The summed E-state index contributed by atoms with van der Waals surface area (Å²) in [5.41, 5.74) is 8.87. The molecule has 0 saturated carbocycles. The highest BCUT2D eigenvalue weighted by molar-refractivity contribution is 9.10. The molecular weight excluding hydrogens is 358 g/mol. The van der Waals surface area contributed by atoms with Gasteiger partial charge in [0.05, 0.1) is 11.6 Å². The summed E-state index contributed by atoms with van der Waals surface area (Å²) in [6.45, 7) is 0.770. The van der Waals surface area contributed by atoms with E-state index in [9.17, 15) is 0 Å². The summed E-state index contributed by atoms with van der Waals surface area (Å²) in [6.07, 6.45) is 0.981. The Morgan fingerprint density at radius 2 is 2.15 bits per heavy atom. The average molecular weight is 371 g/mol. The lowest BCUT2D eigenvalue weighted by Crippen LogP contribution is -1.91. The zero-order chi connectivity index (χ0) is 14.1. The molecule has 0 unspecified atom stereocenters. The van der Waals surface area contributed by atoms with Gasteiger partial charge in [0, 0.05) is 32.8 Å². The minimum absolute atomic E-state index is 0.686. The molecule has 0 aromatic heterocycles. The first-order chi connectivity index (χ1) is 9.63. The van der Waals surface area contributed by atoms with E-state index in [-0.39, 0.29) is 0 Å². The van der Waals surface area contributed by atoms with E-state index < -0.39 is 0 Å². The van der Waals surface area contributed by atoms with Gasteiger partial charge in [0.15, 0.2) is 0 Å². The van der Waals surface area contributed by atoms with Gasteiger partial charge >= 0.3 is 0 Å². The Bertz CT molecular complexity index is 663. The zero-order valence-corrected chi connectivity index (χ0v) is 13.8. The highest BCUT2D eigenvalue weighted by Gasteiger charge is 2.17. The number of hydrogen-bond acceptors (Lipinski definition) is 3. The Morgan fingerprint density at radius 1 is 1.30 bits per heavy atom. The van der Waals surface area contributed by atoms with Crippen LogP contribution in [0.15, 0.2) is 39.7 Å². The maximum atomic E-state index is 6.20. The molecule has 1 aliphatic heterocycles. The van der Waals surface area contributed by atoms with Gasteiger partial charge in [-0.1, -0.05) is 27.5 Å². The molecule has 0 bridgehead atoms. The Morgan fingerprint density at radius 3 is 2.95 bits per heavy atom. The quantitative estimate of drug-likeness (QED) is 0.616. The highest BCUT2D eigenvalue weighted by Crippen LogP contribution is 2.38. The van der Waals surface area contributed by atoms with Crippen LogP contribution in [0.2, 0.25) is 5.02 Å². The molecule has 104 valence electrons. The fraction of sp³-hybridized carbons (Fsp3) is 0.200. The van der Waals surface area contributed by atoms with Crippen molar-refractivity contribution in [3.63, 3.8) is 0 Å². The largest absolute Gasteiger partial charge is 0.493 e. The van der Waals surface area contributed by atoms with Gasteiger partial charge < -0.3 is 10.5 Å². The van der Waals surface area contributed by atoms with Crippen LogP contribution < -0.4 is 10.5 Å². The molecule has 0 fully saturated rings. The molecule has 5 heteroatoms. The van der Waals surface area contributed by atoms with Crippen molar-refractivity contribution in [2.75, 3.05) is 12.3 Å². The van der Waals surface area contributed by atoms with Crippen molar-refractivity contribution in [1.29, 1.82) is 0 Å². The molecule has 20 heavy (non-hydrogen) atoms. The summed E-state index contributed by atoms with van der Waals surface area (Å²) >= 11 is 11.5. The second-order valence-electron chi connectivity index (χ2n) is 4.63. The number of anilines is 1. The van der Waals surface area contributed by atoms with Gasteiger partial charge in [0.25, 0.3) is 0 Å². The van der Waals surface area contributed by atoms with Gasteiger partial charge in [-0.05, 0) is 35.9 Å². The molecule has 2 aromatic rings. The molecular formula is C15H13BrClNOS. The predicted octanol–water partition coefficient (Wildman–Crippen LogP) is 4.91. The van der Waals surface area contributed by atoms with Crippen LogP contribution in [0.1, 0.15) is 11.1 Å². The van der Waals surface area contributed by atoms with E-state index in [1.54, 1.807) is 17.8 Å². The lowest BCUT2D eigenvalue weighted by Gasteiger charge is -2.10. The van der Waals surface area contributed by atoms with Crippen LogP contribution in [-0.2, 0) is 12.2 Å². The van der Waals surface area contributed by atoms with Gasteiger partial charge in [-0.25, -0.2) is 0 Å². The third-order valence-electron chi connectivity index (χ3n) is 3.16. The van der Waals surface area contributed by atoms with Gasteiger partial charge in [-0.15, -0.1) is 11.8 Å². The minimum Gasteiger partial charge on any atom is -0.493 e. The number of nitrogens with two attached hydrogens (primary N) is 1. The molecule has 0 radical (unpaired) electrons. The van der Waals surface area contributed by atoms with Crippen LogP contribution in [0, 0.1) is 0 Å². The number of hydrogen-bond donors (Lipinski definition) is 1. The van der Waals surface area contributed by atoms with E-state index in [0.717, 1.165) is 33.9 Å². The molecule has 2 nitrogen and oxygen atoms in total. The molecule has 1 heterocycles. The van der Waals surface area contributed by atoms with E-state index in [2.05, 4.69) is 28.1 Å². The number of nitrogen functional groups attached to an aromatic ring is 1. The number of benzene rings is 2. The van der Waals surface area contributed by atoms with Crippen molar-refractivity contribution in [1.82, 2.24) is 0 Å². The van der Waals surface area contributed by atoms with Crippen molar-refractivity contribution in [3.8, 4) is 5.75 Å². The lowest BCUT2D eigenvalue weighted by molar-refractivity contribution is 0.354. The normalized spacial score (nSPS) is 13.1. The second kappa shape index (κ2) is 5.88. The third-order valence-corrected chi connectivity index (χ3v) is 5.17. The van der Waals surface area contributed by atoms with Crippen LogP contribution in [0.25, 0.3) is 0 Å². The van der Waals surface area contributed by atoms with Gasteiger partial charge in [0.1, 0.15) is 5.75 Å². The van der Waals surface area contributed by atoms with Crippen molar-refractivity contribution < 1.29 is 4.74 Å². The van der Waals surface area contributed by atoms with Crippen LogP contribution in [0.4, 0.5) is 5.69 Å². The minimum atomic E-state index is 0.686. The third kappa shape index (κ3) is 2.92. The Hall–Kier alpha value is -0.840. The Labute approximate surface area is 135 Å². The van der Waals surface area contributed by atoms with Crippen molar-refractivity contribution in [3.05, 3.63) is 51.0 Å². The van der Waals surface area contributed by atoms with E-state index in [4.69, 9.17) is 22.1 Å². The Kier molecular flexibility index (Phi) is 4.15. The molecule has 0 saturated heterocycles. The van der Waals surface area contributed by atoms with Gasteiger partial charge in [-0.2, -0.15) is 0 Å². The summed E-state index contributed by atoms with van der Waals surface area (Å²) in [4.78, 5) is 1.03. The van der Waals surface area contributed by atoms with E-state index in [1.807, 2.05) is 12.1 Å². The Balaban J connectivity index is 1.82. The van der Waals surface area contributed by atoms with E-state index in [1.165, 1.54) is 11.1 Å². The predicted molar refractivity (Wildman–Crippen MR) is 88.8 cm³/mol. The first-order valence-corrected chi connectivity index (χ1v) is 8.41. The number of ether oxygens (including phenoxy) is 1. The number of thioether (sulfide) groups is 1. The summed E-state index contributed by atoms with van der Waals surface area (Å²) in [5.74, 6) is 1.86. The van der Waals surface area contributed by atoms with Crippen LogP contribution in [0.5, 0.6) is 5.75 Å². The summed E-state index contributed by atoms with van der Waals surface area (Å²) in [7, 11) is 0. The smallest absolute Gasteiger partial charge is 0.126 e. The first kappa shape index (κ1) is 14.1. The summed E-state index contributed by atoms with van der Waals surface area (Å²) in [6, 6.07) is 9.86. The van der Waals surface area contributed by atoms with Gasteiger partial charge in [-0.3, -0.25) is 0 Å². The monoisotopic (exact) mass is 369 g/mol.